The molecule has 1 N–H and O–H groups in total. The molecule has 1 aromatic heterocycles. The van der Waals surface area contributed by atoms with Gasteiger partial charge in [0.1, 0.15) is 0 Å². The van der Waals surface area contributed by atoms with Crippen molar-refractivity contribution in [3.63, 3.8) is 0 Å². The third kappa shape index (κ3) is 5.79. The summed E-state index contributed by atoms with van der Waals surface area (Å²) in [7, 11) is -3.50. The van der Waals surface area contributed by atoms with Gasteiger partial charge in [-0.25, -0.2) is 13.1 Å². The van der Waals surface area contributed by atoms with Crippen LogP contribution in [-0.4, -0.2) is 57.2 Å². The first kappa shape index (κ1) is 23.4. The average Bonchev–Trinajstić information content (AvgIpc) is 3.27. The van der Waals surface area contributed by atoms with Crippen molar-refractivity contribution in [2.75, 3.05) is 18.4 Å². The van der Waals surface area contributed by atoms with Gasteiger partial charge in [-0.3, -0.25) is 4.79 Å². The molecule has 0 radical (unpaired) electrons. The third-order valence-corrected chi connectivity index (χ3v) is 8.38. The lowest BCUT2D eigenvalue weighted by Gasteiger charge is -2.25. The van der Waals surface area contributed by atoms with E-state index in [0.29, 0.717) is 30.5 Å². The summed E-state index contributed by atoms with van der Waals surface area (Å²) in [6.07, 6.45) is 2.83. The Morgan fingerprint density at radius 1 is 1.06 bits per heavy atom. The van der Waals surface area contributed by atoms with Crippen molar-refractivity contribution in [3.8, 4) is 0 Å². The molecule has 2 heterocycles. The largest absolute Gasteiger partial charge is 0.325 e. The zero-order valence-corrected chi connectivity index (χ0v) is 19.9. The van der Waals surface area contributed by atoms with E-state index in [1.165, 1.54) is 28.2 Å². The monoisotopic (exact) mass is 486 g/mol. The van der Waals surface area contributed by atoms with Crippen molar-refractivity contribution < 1.29 is 13.2 Å². The highest BCUT2D eigenvalue weighted by atomic mass is 32.2. The topological polar surface area (TPSA) is 110 Å². The van der Waals surface area contributed by atoms with E-state index in [1.54, 1.807) is 23.7 Å². The smallest absolute Gasteiger partial charge is 0.243 e. The molecule has 0 spiro atoms. The number of nitrogens with zero attached hydrogens (tertiary/aromatic N) is 5. The number of thioether (sulfide) groups is 1. The number of piperidine rings is 1. The van der Waals surface area contributed by atoms with Gasteiger partial charge in [-0.1, -0.05) is 48.5 Å². The molecule has 9 nitrogen and oxygen atoms in total. The number of carbonyl (C=O) groups excluding carboxylic acids is 1. The lowest BCUT2D eigenvalue weighted by Crippen LogP contribution is -2.35. The number of nitrogens with one attached hydrogen (secondary N) is 1. The molecule has 1 amide bonds. The zero-order chi connectivity index (χ0) is 23.3. The number of benzene rings is 2. The van der Waals surface area contributed by atoms with Crippen LogP contribution in [0, 0.1) is 0 Å². The molecule has 1 unspecified atom stereocenters. The lowest BCUT2D eigenvalue weighted by atomic mass is 10.2. The zero-order valence-electron chi connectivity index (χ0n) is 18.3. The van der Waals surface area contributed by atoms with Gasteiger partial charge in [0.25, 0.3) is 0 Å². The van der Waals surface area contributed by atoms with Gasteiger partial charge in [0.2, 0.25) is 21.1 Å². The standard InChI is InChI=1S/C22H26N6O3S2/c1-17(32-22-24-25-26-28(22)16-18-8-4-2-5-9-18)21(29)23-19-10-12-20(13-11-19)33(30,31)27-14-6-3-7-15-27/h2,4-5,8-13,17H,3,6-7,14-16H2,1H3,(H,23,29). The molecular weight excluding hydrogens is 460 g/mol. The van der Waals surface area contributed by atoms with E-state index in [2.05, 4.69) is 20.8 Å². The van der Waals surface area contributed by atoms with Gasteiger partial charge in [-0.05, 0) is 60.0 Å². The van der Waals surface area contributed by atoms with Crippen molar-refractivity contribution in [3.05, 3.63) is 60.2 Å². The second-order valence-electron chi connectivity index (χ2n) is 7.84. The fraction of sp³-hybridized carbons (Fsp3) is 0.364. The molecule has 0 saturated carbocycles. The Labute approximate surface area is 197 Å². The fourth-order valence-electron chi connectivity index (χ4n) is 3.56. The molecule has 3 aromatic rings. The van der Waals surface area contributed by atoms with Crippen molar-refractivity contribution in [2.24, 2.45) is 0 Å². The van der Waals surface area contributed by atoms with Gasteiger partial charge in [-0.15, -0.1) is 5.10 Å². The fourth-order valence-corrected chi connectivity index (χ4v) is 5.86. The van der Waals surface area contributed by atoms with Gasteiger partial charge in [0.15, 0.2) is 0 Å². The van der Waals surface area contributed by atoms with Crippen LogP contribution in [0.2, 0.25) is 0 Å². The molecule has 1 atom stereocenters. The summed E-state index contributed by atoms with van der Waals surface area (Å²) >= 11 is 1.26. The number of anilines is 1. The Morgan fingerprint density at radius 3 is 2.45 bits per heavy atom. The van der Waals surface area contributed by atoms with E-state index in [-0.39, 0.29) is 10.8 Å². The van der Waals surface area contributed by atoms with Crippen LogP contribution < -0.4 is 5.32 Å². The first-order chi connectivity index (χ1) is 15.9. The number of hydrogen-bond donors (Lipinski definition) is 1. The second-order valence-corrected chi connectivity index (χ2v) is 11.1. The lowest BCUT2D eigenvalue weighted by molar-refractivity contribution is -0.115. The number of tetrazole rings is 1. The molecule has 33 heavy (non-hydrogen) atoms. The minimum atomic E-state index is -3.50. The summed E-state index contributed by atoms with van der Waals surface area (Å²) in [6, 6.07) is 16.1. The Balaban J connectivity index is 1.36. The summed E-state index contributed by atoms with van der Waals surface area (Å²) < 4.78 is 28.8. The molecule has 11 heteroatoms. The van der Waals surface area contributed by atoms with Crippen molar-refractivity contribution >= 4 is 33.4 Å². The summed E-state index contributed by atoms with van der Waals surface area (Å²) in [6.45, 7) is 3.40. The Hall–Kier alpha value is -2.76. The normalized spacial score (nSPS) is 15.8. The van der Waals surface area contributed by atoms with Gasteiger partial charge >= 0.3 is 0 Å². The van der Waals surface area contributed by atoms with Gasteiger partial charge in [-0.2, -0.15) is 4.31 Å². The maximum atomic E-state index is 12.8. The van der Waals surface area contributed by atoms with Crippen LogP contribution in [0.15, 0.2) is 64.6 Å². The number of sulfonamides is 1. The van der Waals surface area contributed by atoms with E-state index in [9.17, 15) is 13.2 Å². The van der Waals surface area contributed by atoms with Crippen LogP contribution in [-0.2, 0) is 21.4 Å². The molecule has 1 saturated heterocycles. The highest BCUT2D eigenvalue weighted by Crippen LogP contribution is 2.24. The van der Waals surface area contributed by atoms with E-state index in [4.69, 9.17) is 0 Å². The van der Waals surface area contributed by atoms with Gasteiger partial charge in [0.05, 0.1) is 16.7 Å². The molecule has 2 aromatic carbocycles. The van der Waals surface area contributed by atoms with Crippen LogP contribution in [0.3, 0.4) is 0 Å². The molecule has 0 bridgehead atoms. The average molecular weight is 487 g/mol. The molecule has 1 aliphatic heterocycles. The maximum Gasteiger partial charge on any atom is 0.243 e. The molecule has 1 fully saturated rings. The number of amides is 1. The number of hydrogen-bond acceptors (Lipinski definition) is 7. The number of carbonyl (C=O) groups is 1. The van der Waals surface area contributed by atoms with E-state index in [0.717, 1.165) is 24.8 Å². The first-order valence-corrected chi connectivity index (χ1v) is 13.1. The quantitative estimate of drug-likeness (QED) is 0.487. The minimum Gasteiger partial charge on any atom is -0.325 e. The summed E-state index contributed by atoms with van der Waals surface area (Å²) in [5.41, 5.74) is 1.59. The molecular formula is C22H26N6O3S2. The van der Waals surface area contributed by atoms with Gasteiger partial charge < -0.3 is 5.32 Å². The molecule has 1 aliphatic rings. The molecule has 0 aliphatic carbocycles. The highest BCUT2D eigenvalue weighted by Gasteiger charge is 2.26. The highest BCUT2D eigenvalue weighted by molar-refractivity contribution is 8.00. The third-order valence-electron chi connectivity index (χ3n) is 5.40. The molecule has 174 valence electrons. The Kier molecular flexibility index (Phi) is 7.41. The number of rotatable bonds is 8. The summed E-state index contributed by atoms with van der Waals surface area (Å²) in [5, 5.41) is 14.7. The first-order valence-electron chi connectivity index (χ1n) is 10.8. The Bertz CT molecular complexity index is 1180. The van der Waals surface area contributed by atoms with E-state index in [1.807, 2.05) is 30.3 Å². The van der Waals surface area contributed by atoms with E-state index < -0.39 is 15.3 Å². The van der Waals surface area contributed by atoms with Crippen LogP contribution in [0.1, 0.15) is 31.7 Å². The summed E-state index contributed by atoms with van der Waals surface area (Å²) in [5.74, 6) is -0.221. The van der Waals surface area contributed by atoms with Crippen molar-refractivity contribution in [1.29, 1.82) is 0 Å². The SMILES string of the molecule is CC(Sc1nnnn1Cc1ccccc1)C(=O)Nc1ccc(S(=O)(=O)N2CCCCC2)cc1. The van der Waals surface area contributed by atoms with Crippen LogP contribution in [0.4, 0.5) is 5.69 Å². The Morgan fingerprint density at radius 2 is 1.76 bits per heavy atom. The predicted molar refractivity (Wildman–Crippen MR) is 126 cm³/mol. The van der Waals surface area contributed by atoms with Gasteiger partial charge in [0, 0.05) is 18.8 Å². The maximum absolute atomic E-state index is 12.8. The molecule has 4 rings (SSSR count). The van der Waals surface area contributed by atoms with Crippen molar-refractivity contribution in [1.82, 2.24) is 24.5 Å². The second kappa shape index (κ2) is 10.4. The van der Waals surface area contributed by atoms with E-state index >= 15 is 0 Å². The number of aromatic nitrogens is 4. The van der Waals surface area contributed by atoms with Crippen molar-refractivity contribution in [2.45, 2.75) is 48.0 Å². The minimum absolute atomic E-state index is 0.221. The summed E-state index contributed by atoms with van der Waals surface area (Å²) in [4.78, 5) is 12.9. The van der Waals surface area contributed by atoms with Crippen LogP contribution in [0.5, 0.6) is 0 Å². The van der Waals surface area contributed by atoms with Crippen LogP contribution in [0.25, 0.3) is 0 Å². The van der Waals surface area contributed by atoms with Crippen LogP contribution >= 0.6 is 11.8 Å². The predicted octanol–water partition coefficient (Wildman–Crippen LogP) is 3.02.